The van der Waals surface area contributed by atoms with Crippen molar-refractivity contribution in [3.05, 3.63) is 53.4 Å². The molecule has 0 amide bonds. The van der Waals surface area contributed by atoms with Gasteiger partial charge in [-0.05, 0) is 64.8 Å². The van der Waals surface area contributed by atoms with E-state index in [0.29, 0.717) is 11.5 Å². The van der Waals surface area contributed by atoms with E-state index in [1.165, 1.54) is 0 Å². The van der Waals surface area contributed by atoms with Gasteiger partial charge in [0, 0.05) is 13.2 Å². The number of hydrogen-bond acceptors (Lipinski definition) is 11. The van der Waals surface area contributed by atoms with Gasteiger partial charge in [0.25, 0.3) is 0 Å². The summed E-state index contributed by atoms with van der Waals surface area (Å²) in [4.78, 5) is 33.2. The van der Waals surface area contributed by atoms with Crippen LogP contribution in [0.4, 0.5) is 5.82 Å². The second-order valence-corrected chi connectivity index (χ2v) is 14.8. The molecule has 0 aliphatic carbocycles. The first-order valence-corrected chi connectivity index (χ1v) is 16.7. The first kappa shape index (κ1) is 33.7. The van der Waals surface area contributed by atoms with Crippen molar-refractivity contribution in [1.82, 2.24) is 14.5 Å². The smallest absolute Gasteiger partial charge is 0.356 e. The lowest BCUT2D eigenvalue weighted by Gasteiger charge is -2.27. The molecular formula is C30H40ClN4O9P. The minimum absolute atomic E-state index is 0.00161. The monoisotopic (exact) mass is 666 g/mol. The summed E-state index contributed by atoms with van der Waals surface area (Å²) >= 11 is 6.46. The molecule has 0 radical (unpaired) electrons. The third-order valence-electron chi connectivity index (χ3n) is 7.71. The lowest BCUT2D eigenvalue weighted by Crippen LogP contribution is -2.33. The molecule has 4 heterocycles. The Balaban J connectivity index is 1.31. The summed E-state index contributed by atoms with van der Waals surface area (Å²) < 4.78 is 48.5. The predicted molar refractivity (Wildman–Crippen MR) is 166 cm³/mol. The molecule has 2 aliphatic heterocycles. The van der Waals surface area contributed by atoms with Crippen molar-refractivity contribution in [3.8, 4) is 0 Å². The van der Waals surface area contributed by atoms with E-state index in [9.17, 15) is 14.3 Å². The third-order valence-corrected chi connectivity index (χ3v) is 8.90. The van der Waals surface area contributed by atoms with Gasteiger partial charge >= 0.3 is 13.6 Å². The van der Waals surface area contributed by atoms with Crippen LogP contribution in [0, 0.1) is 5.41 Å². The van der Waals surface area contributed by atoms with E-state index >= 15 is 0 Å². The molecule has 2 saturated heterocycles. The first-order chi connectivity index (χ1) is 21.1. The van der Waals surface area contributed by atoms with Crippen molar-refractivity contribution < 1.29 is 42.5 Å². The summed E-state index contributed by atoms with van der Waals surface area (Å²) in [5, 5.41) is 0.850. The highest BCUT2D eigenvalue weighted by Gasteiger charge is 2.56. The molecule has 45 heavy (non-hydrogen) atoms. The Bertz CT molecular complexity index is 1560. The number of hydrogen-bond donors (Lipinski definition) is 1. The average molecular weight is 667 g/mol. The molecule has 0 spiro atoms. The van der Waals surface area contributed by atoms with Crippen LogP contribution >= 0.6 is 19.2 Å². The number of carbonyl (C=O) groups excluding carboxylic acids is 1. The number of benzene rings is 1. The van der Waals surface area contributed by atoms with Gasteiger partial charge in [0.05, 0.1) is 23.4 Å². The molecule has 1 N–H and O–H groups in total. The van der Waals surface area contributed by atoms with E-state index in [1.807, 2.05) is 47.0 Å². The number of carbonyl (C=O) groups is 1. The number of anilines is 1. The minimum atomic E-state index is -4.23. The fourth-order valence-corrected chi connectivity index (χ4v) is 6.11. The second-order valence-electron chi connectivity index (χ2n) is 12.7. The zero-order valence-electron chi connectivity index (χ0n) is 26.4. The van der Waals surface area contributed by atoms with E-state index in [-0.39, 0.29) is 17.9 Å². The highest BCUT2D eigenvalue weighted by molar-refractivity contribution is 7.52. The molecule has 5 rings (SSSR count). The molecule has 2 aromatic heterocycles. The summed E-state index contributed by atoms with van der Waals surface area (Å²) in [5.74, 6) is -0.812. The van der Waals surface area contributed by atoms with Crippen LogP contribution in [0.5, 0.6) is 0 Å². The number of fused-ring (bicyclic) bond motifs is 2. The zero-order valence-corrected chi connectivity index (χ0v) is 28.0. The van der Waals surface area contributed by atoms with Gasteiger partial charge in [-0.15, -0.1) is 0 Å². The van der Waals surface area contributed by atoms with Gasteiger partial charge < -0.3 is 38.0 Å². The molecule has 2 fully saturated rings. The number of esters is 1. The summed E-state index contributed by atoms with van der Waals surface area (Å²) in [7, 11) is -2.27. The number of ether oxygens (including phenoxy) is 5. The maximum atomic E-state index is 12.5. The minimum Gasteiger partial charge on any atom is -0.438 e. The summed E-state index contributed by atoms with van der Waals surface area (Å²) in [5.41, 5.74) is 0.896. The van der Waals surface area contributed by atoms with Crippen molar-refractivity contribution in [2.45, 2.75) is 77.9 Å². The standard InChI is InChI=1S/C30H40ClN4O9P/c1-18(19-11-9-8-10-12-19)34(7)24-20-13-14-35(25(20)33-28(31)32-24)26-23-22(43-30(5,6)44-23)21(42-26)15-39-17-45(37,38)41-16-40-27(36)29(2,3)4/h8-14,18,21-23,26H,15-17H2,1-7H3,(H,37,38)/t18-,21?,22-,23-,26-/m1/s1. The lowest BCUT2D eigenvalue weighted by atomic mass is 9.98. The number of nitrogens with zero attached hydrogens (tertiary/aromatic N) is 4. The molecule has 13 nitrogen and oxygen atoms in total. The van der Waals surface area contributed by atoms with Crippen molar-refractivity contribution in [1.29, 1.82) is 0 Å². The Kier molecular flexibility index (Phi) is 9.66. The van der Waals surface area contributed by atoms with Crippen LogP contribution in [0.3, 0.4) is 0 Å². The normalized spacial score (nSPS) is 24.7. The fraction of sp³-hybridized carbons (Fsp3) is 0.567. The SMILES string of the molecule is C[C@H](c1ccccc1)N(C)c1nc(Cl)nc2c1ccn2[C@@H]1OC(COCP(=O)(O)OCOC(=O)C(C)(C)C)[C@H]2OC(C)(C)O[C@H]21. The molecule has 2 unspecified atom stereocenters. The average Bonchev–Trinajstić information content (AvgIpc) is 3.62. The van der Waals surface area contributed by atoms with Crippen LogP contribution in [-0.4, -0.2) is 76.3 Å². The van der Waals surface area contributed by atoms with Gasteiger partial charge in [-0.25, -0.2) is 0 Å². The van der Waals surface area contributed by atoms with Crippen LogP contribution in [0.1, 0.15) is 59.4 Å². The van der Waals surface area contributed by atoms with Crippen molar-refractivity contribution in [2.24, 2.45) is 5.41 Å². The predicted octanol–water partition coefficient (Wildman–Crippen LogP) is 5.42. The van der Waals surface area contributed by atoms with Gasteiger partial charge in [-0.2, -0.15) is 9.97 Å². The largest absolute Gasteiger partial charge is 0.438 e. The Hall–Kier alpha value is -2.61. The van der Waals surface area contributed by atoms with Gasteiger partial charge in [0.15, 0.2) is 12.0 Å². The fourth-order valence-electron chi connectivity index (χ4n) is 5.32. The molecule has 1 aromatic carbocycles. The summed E-state index contributed by atoms with van der Waals surface area (Å²) in [6.45, 7) is 9.93. The number of halogens is 1. The number of rotatable bonds is 11. The van der Waals surface area contributed by atoms with Crippen LogP contribution < -0.4 is 4.90 Å². The molecule has 15 heteroatoms. The Labute approximate surface area is 267 Å². The van der Waals surface area contributed by atoms with Gasteiger partial charge in [-0.1, -0.05) is 30.3 Å². The van der Waals surface area contributed by atoms with Crippen LogP contribution in [0.25, 0.3) is 11.0 Å². The lowest BCUT2D eigenvalue weighted by molar-refractivity contribution is -0.201. The molecule has 2 aliphatic rings. The summed E-state index contributed by atoms with van der Waals surface area (Å²) in [6, 6.07) is 12.0. The van der Waals surface area contributed by atoms with E-state index in [2.05, 4.69) is 29.0 Å². The van der Waals surface area contributed by atoms with Gasteiger partial charge in [0.2, 0.25) is 12.1 Å². The van der Waals surface area contributed by atoms with Gasteiger partial charge in [0.1, 0.15) is 36.1 Å². The van der Waals surface area contributed by atoms with E-state index < -0.39 is 62.4 Å². The van der Waals surface area contributed by atoms with Crippen molar-refractivity contribution in [2.75, 3.05) is 31.7 Å². The van der Waals surface area contributed by atoms with E-state index in [1.54, 1.807) is 34.6 Å². The van der Waals surface area contributed by atoms with Crippen LogP contribution in [0.2, 0.25) is 5.28 Å². The summed E-state index contributed by atoms with van der Waals surface area (Å²) in [6.07, 6.45) is -1.23. The van der Waals surface area contributed by atoms with Crippen molar-refractivity contribution >= 4 is 42.0 Å². The van der Waals surface area contributed by atoms with Crippen LogP contribution in [0.15, 0.2) is 42.6 Å². The molecule has 0 saturated carbocycles. The molecular weight excluding hydrogens is 627 g/mol. The third kappa shape index (κ3) is 7.52. The number of aromatic nitrogens is 3. The molecule has 6 atom stereocenters. The molecule has 246 valence electrons. The Morgan fingerprint density at radius 3 is 2.56 bits per heavy atom. The van der Waals surface area contributed by atoms with E-state index in [4.69, 9.17) is 39.8 Å². The second kappa shape index (κ2) is 12.9. The highest BCUT2D eigenvalue weighted by atomic mass is 35.5. The molecule has 0 bridgehead atoms. The van der Waals surface area contributed by atoms with Crippen molar-refractivity contribution in [3.63, 3.8) is 0 Å². The maximum Gasteiger partial charge on any atom is 0.356 e. The molecule has 3 aromatic rings. The highest BCUT2D eigenvalue weighted by Crippen LogP contribution is 2.46. The Morgan fingerprint density at radius 1 is 1.18 bits per heavy atom. The zero-order chi connectivity index (χ0) is 32.7. The van der Waals surface area contributed by atoms with Crippen LogP contribution in [-0.2, 0) is 37.6 Å². The van der Waals surface area contributed by atoms with Gasteiger partial charge in [-0.3, -0.25) is 13.9 Å². The topological polar surface area (TPSA) is 144 Å². The van der Waals surface area contributed by atoms with E-state index in [0.717, 1.165) is 10.9 Å². The first-order valence-electron chi connectivity index (χ1n) is 14.6. The maximum absolute atomic E-state index is 12.5. The quantitative estimate of drug-likeness (QED) is 0.121. The Morgan fingerprint density at radius 2 is 1.87 bits per heavy atom.